The molecule has 4 heterocycles. The van der Waals surface area contributed by atoms with Crippen molar-refractivity contribution < 1.29 is 9.13 Å². The van der Waals surface area contributed by atoms with E-state index in [4.69, 9.17) is 0 Å². The van der Waals surface area contributed by atoms with Crippen molar-refractivity contribution in [3.8, 4) is 22.5 Å². The molecule has 0 N–H and O–H groups in total. The molecule has 0 aliphatic rings. The Balaban J connectivity index is 1.11. The van der Waals surface area contributed by atoms with E-state index in [1.54, 1.807) is 0 Å². The highest BCUT2D eigenvalue weighted by Gasteiger charge is 2.07. The molecule has 0 saturated carbocycles. The van der Waals surface area contributed by atoms with Gasteiger partial charge in [-0.05, 0) is 91.3 Å². The Hall–Kier alpha value is -3.05. The Morgan fingerprint density at radius 2 is 1.10 bits per heavy atom. The summed E-state index contributed by atoms with van der Waals surface area (Å²) in [7, 11) is 0. The van der Waals surface area contributed by atoms with Crippen LogP contribution < -0.4 is 9.13 Å². The first-order valence-corrected chi connectivity index (χ1v) is 15.3. The minimum atomic E-state index is 0.959. The lowest BCUT2D eigenvalue weighted by atomic mass is 10.0. The summed E-state index contributed by atoms with van der Waals surface area (Å²) in [6.07, 6.45) is 25.1. The van der Waals surface area contributed by atoms with Crippen LogP contribution in [0, 0.1) is 6.92 Å². The summed E-state index contributed by atoms with van der Waals surface area (Å²) in [6.45, 7) is 4.27. The molecule has 5 heteroatoms. The van der Waals surface area contributed by atoms with Gasteiger partial charge < -0.3 is 0 Å². The van der Waals surface area contributed by atoms with Crippen LogP contribution in [0.15, 0.2) is 85.7 Å². The summed E-state index contributed by atoms with van der Waals surface area (Å²) >= 11 is 4.29. The molecule has 39 heavy (non-hydrogen) atoms. The predicted molar refractivity (Wildman–Crippen MR) is 164 cm³/mol. The fourth-order valence-corrected chi connectivity index (χ4v) is 5.18. The number of pyridine rings is 4. The van der Waals surface area contributed by atoms with Crippen LogP contribution in [-0.2, 0) is 19.5 Å². The van der Waals surface area contributed by atoms with Crippen molar-refractivity contribution in [3.05, 3.63) is 96.8 Å². The van der Waals surface area contributed by atoms with Crippen LogP contribution in [0.4, 0.5) is 0 Å². The molecule has 0 aromatic carbocycles. The molecule has 0 unspecified atom stereocenters. The Bertz CT molecular complexity index is 1250. The van der Waals surface area contributed by atoms with Gasteiger partial charge in [0.15, 0.2) is 24.8 Å². The Morgan fingerprint density at radius 3 is 1.69 bits per heavy atom. The van der Waals surface area contributed by atoms with E-state index in [1.807, 2.05) is 18.5 Å². The van der Waals surface area contributed by atoms with E-state index in [-0.39, 0.29) is 0 Å². The quantitative estimate of drug-likeness (QED) is 0.0914. The number of unbranched alkanes of at least 4 members (excludes halogenated alkanes) is 7. The summed E-state index contributed by atoms with van der Waals surface area (Å²) < 4.78 is 4.61. The van der Waals surface area contributed by atoms with E-state index in [2.05, 4.69) is 106 Å². The largest absolute Gasteiger partial charge is 0.255 e. The first-order valence-electron chi connectivity index (χ1n) is 14.7. The van der Waals surface area contributed by atoms with Gasteiger partial charge in [-0.2, -0.15) is 12.6 Å². The van der Waals surface area contributed by atoms with Crippen LogP contribution >= 0.6 is 12.6 Å². The van der Waals surface area contributed by atoms with Gasteiger partial charge in [-0.25, -0.2) is 9.13 Å². The fourth-order valence-electron chi connectivity index (χ4n) is 4.96. The summed E-state index contributed by atoms with van der Waals surface area (Å²) in [4.78, 5) is 9.00. The van der Waals surface area contributed by atoms with Crippen LogP contribution in [0.5, 0.6) is 0 Å². The molecule has 0 fully saturated rings. The third-order valence-corrected chi connectivity index (χ3v) is 7.64. The molecule has 0 radical (unpaired) electrons. The molecule has 4 nitrogen and oxygen atoms in total. The first-order chi connectivity index (χ1) is 19.2. The molecule has 0 atom stereocenters. The van der Waals surface area contributed by atoms with Crippen LogP contribution in [0.2, 0.25) is 0 Å². The summed E-state index contributed by atoms with van der Waals surface area (Å²) in [6, 6.07) is 17.4. The van der Waals surface area contributed by atoms with E-state index in [9.17, 15) is 0 Å². The molecular formula is C34H44N4S+2. The standard InChI is InChI=1S/C34H43N4S/c1-29-12-18-35-33(27-29)34-28-30(13-19-36-34)11-7-3-2-4-8-20-37-22-14-31(15-23-37)32-16-24-38(25-17-32)21-9-5-6-10-26-39/h12-19,22-25,27-28H,2-11,20-21,26H2,1H3/q+1/p+1. The highest BCUT2D eigenvalue weighted by molar-refractivity contribution is 7.80. The van der Waals surface area contributed by atoms with Gasteiger partial charge in [-0.15, -0.1) is 0 Å². The SMILES string of the molecule is Cc1ccnc(-c2cc(CCCCCCC[n+]3ccc(-c4cc[n+](CCCCCCS)cc4)cc3)ccn2)c1. The lowest BCUT2D eigenvalue weighted by Crippen LogP contribution is -2.33. The molecule has 0 aliphatic carbocycles. The van der Waals surface area contributed by atoms with E-state index >= 15 is 0 Å². The van der Waals surface area contributed by atoms with Gasteiger partial charge >= 0.3 is 0 Å². The second kappa shape index (κ2) is 16.1. The summed E-state index contributed by atoms with van der Waals surface area (Å²) in [5, 5.41) is 0. The normalized spacial score (nSPS) is 11.1. The van der Waals surface area contributed by atoms with Crippen LogP contribution in [0.1, 0.15) is 68.9 Å². The van der Waals surface area contributed by atoms with Gasteiger partial charge in [-0.1, -0.05) is 19.3 Å². The molecule has 0 spiro atoms. The van der Waals surface area contributed by atoms with E-state index < -0.39 is 0 Å². The molecule has 0 bridgehead atoms. The number of rotatable bonds is 16. The minimum absolute atomic E-state index is 0.959. The third-order valence-electron chi connectivity index (χ3n) is 7.32. The van der Waals surface area contributed by atoms with Crippen LogP contribution in [-0.4, -0.2) is 15.7 Å². The highest BCUT2D eigenvalue weighted by atomic mass is 32.1. The van der Waals surface area contributed by atoms with E-state index in [0.717, 1.165) is 36.7 Å². The third kappa shape index (κ3) is 9.89. The molecule has 204 valence electrons. The van der Waals surface area contributed by atoms with Crippen molar-refractivity contribution in [3.63, 3.8) is 0 Å². The molecular weight excluding hydrogens is 496 g/mol. The number of hydrogen-bond acceptors (Lipinski definition) is 3. The fraction of sp³-hybridized carbons (Fsp3) is 0.412. The number of aromatic nitrogens is 4. The molecule has 4 rings (SSSR count). The van der Waals surface area contributed by atoms with E-state index in [1.165, 1.54) is 80.0 Å². The monoisotopic (exact) mass is 540 g/mol. The van der Waals surface area contributed by atoms with Gasteiger partial charge in [0.1, 0.15) is 13.1 Å². The van der Waals surface area contributed by atoms with Crippen molar-refractivity contribution >= 4 is 12.6 Å². The second-order valence-corrected chi connectivity index (χ2v) is 11.0. The number of thiol groups is 1. The molecule has 4 aromatic heterocycles. The second-order valence-electron chi connectivity index (χ2n) is 10.6. The molecule has 0 aliphatic heterocycles. The molecule has 0 amide bonds. The van der Waals surface area contributed by atoms with Crippen molar-refractivity contribution in [2.75, 3.05) is 5.75 Å². The summed E-state index contributed by atoms with van der Waals surface area (Å²) in [5.41, 5.74) is 7.07. The highest BCUT2D eigenvalue weighted by Crippen LogP contribution is 2.18. The minimum Gasteiger partial charge on any atom is -0.255 e. The van der Waals surface area contributed by atoms with E-state index in [0.29, 0.717) is 0 Å². The first kappa shape index (κ1) is 28.9. The lowest BCUT2D eigenvalue weighted by molar-refractivity contribution is -0.697. The lowest BCUT2D eigenvalue weighted by Gasteiger charge is -2.05. The maximum Gasteiger partial charge on any atom is 0.169 e. The summed E-state index contributed by atoms with van der Waals surface area (Å²) in [5.74, 6) is 1.00. The zero-order chi connectivity index (χ0) is 27.1. The number of aryl methyl sites for hydroxylation is 4. The Morgan fingerprint density at radius 1 is 0.590 bits per heavy atom. The van der Waals surface area contributed by atoms with Gasteiger partial charge in [-0.3, -0.25) is 9.97 Å². The zero-order valence-electron chi connectivity index (χ0n) is 23.5. The topological polar surface area (TPSA) is 33.5 Å². The van der Waals surface area contributed by atoms with Crippen molar-refractivity contribution in [1.29, 1.82) is 0 Å². The average molecular weight is 541 g/mol. The van der Waals surface area contributed by atoms with Crippen molar-refractivity contribution in [1.82, 2.24) is 9.97 Å². The van der Waals surface area contributed by atoms with Crippen molar-refractivity contribution in [2.45, 2.75) is 84.2 Å². The Labute approximate surface area is 240 Å². The molecule has 0 saturated heterocycles. The average Bonchev–Trinajstić information content (AvgIpc) is 2.97. The Kier molecular flexibility index (Phi) is 12.0. The smallest absolute Gasteiger partial charge is 0.169 e. The van der Waals surface area contributed by atoms with Crippen LogP contribution in [0.25, 0.3) is 22.5 Å². The van der Waals surface area contributed by atoms with Gasteiger partial charge in [0.2, 0.25) is 0 Å². The maximum absolute atomic E-state index is 4.52. The van der Waals surface area contributed by atoms with Crippen LogP contribution in [0.3, 0.4) is 0 Å². The number of nitrogens with zero attached hydrogens (tertiary/aromatic N) is 4. The predicted octanol–water partition coefficient (Wildman–Crippen LogP) is 7.38. The zero-order valence-corrected chi connectivity index (χ0v) is 24.4. The number of hydrogen-bond donors (Lipinski definition) is 1. The van der Waals surface area contributed by atoms with Crippen molar-refractivity contribution in [2.24, 2.45) is 0 Å². The maximum atomic E-state index is 4.52. The van der Waals surface area contributed by atoms with Gasteiger partial charge in [0.25, 0.3) is 0 Å². The molecule has 4 aromatic rings. The van der Waals surface area contributed by atoms with Gasteiger partial charge in [0.05, 0.1) is 11.4 Å². The van der Waals surface area contributed by atoms with Gasteiger partial charge in [0, 0.05) is 49.5 Å².